The minimum Gasteiger partial charge on any atom is -0.374 e. The average Bonchev–Trinajstić information content (AvgIpc) is 2.72. The Morgan fingerprint density at radius 3 is 2.61 bits per heavy atom. The molecule has 100 valence electrons. The lowest BCUT2D eigenvalue weighted by atomic mass is 10.5. The minimum absolute atomic E-state index is 0.0508. The highest BCUT2D eigenvalue weighted by molar-refractivity contribution is 8.01. The van der Waals surface area contributed by atoms with Gasteiger partial charge in [-0.05, 0) is 0 Å². The van der Waals surface area contributed by atoms with Gasteiger partial charge >= 0.3 is 0 Å². The summed E-state index contributed by atoms with van der Waals surface area (Å²) in [4.78, 5) is 13.4. The molecule has 1 fully saturated rings. The molecule has 1 aliphatic rings. The van der Waals surface area contributed by atoms with E-state index in [4.69, 9.17) is 5.73 Å². The van der Waals surface area contributed by atoms with Crippen molar-refractivity contribution in [1.82, 2.24) is 15.1 Å². The van der Waals surface area contributed by atoms with Crippen molar-refractivity contribution in [3.05, 3.63) is 0 Å². The molecule has 0 aliphatic carbocycles. The van der Waals surface area contributed by atoms with E-state index >= 15 is 0 Å². The number of rotatable bonds is 3. The maximum atomic E-state index is 11.8. The zero-order valence-electron chi connectivity index (χ0n) is 9.40. The topological polar surface area (TPSA) is 106 Å². The van der Waals surface area contributed by atoms with Gasteiger partial charge in [0.2, 0.25) is 11.0 Å². The second kappa shape index (κ2) is 5.41. The van der Waals surface area contributed by atoms with Crippen LogP contribution in [0.5, 0.6) is 0 Å². The van der Waals surface area contributed by atoms with Crippen molar-refractivity contribution in [2.24, 2.45) is 0 Å². The number of carbonyl (C=O) groups excluding carboxylic acids is 1. The number of nitrogens with two attached hydrogens (primary N) is 1. The van der Waals surface area contributed by atoms with E-state index in [-0.39, 0.29) is 36.3 Å². The Morgan fingerprint density at radius 2 is 2.06 bits per heavy atom. The van der Waals surface area contributed by atoms with Crippen LogP contribution in [-0.4, -0.2) is 59.8 Å². The van der Waals surface area contributed by atoms with E-state index in [1.807, 2.05) is 0 Å². The molecule has 0 bridgehead atoms. The molecule has 2 heterocycles. The zero-order chi connectivity index (χ0) is 13.2. The molecular formula is C8H12N4O3S3. The maximum absolute atomic E-state index is 11.8. The molecule has 0 radical (unpaired) electrons. The Morgan fingerprint density at radius 1 is 1.39 bits per heavy atom. The predicted octanol–water partition coefficient (Wildman–Crippen LogP) is -0.531. The van der Waals surface area contributed by atoms with Gasteiger partial charge in [0.25, 0.3) is 0 Å². The molecule has 1 amide bonds. The summed E-state index contributed by atoms with van der Waals surface area (Å²) in [5.41, 5.74) is 5.43. The number of aromatic nitrogens is 2. The molecule has 1 saturated heterocycles. The number of carbonyl (C=O) groups is 1. The lowest BCUT2D eigenvalue weighted by Crippen LogP contribution is -2.44. The Kier molecular flexibility index (Phi) is 4.07. The third-order valence-corrected chi connectivity index (χ3v) is 5.92. The molecule has 7 nitrogen and oxygen atoms in total. The molecule has 1 aromatic heterocycles. The van der Waals surface area contributed by atoms with Crippen LogP contribution in [0.1, 0.15) is 0 Å². The van der Waals surface area contributed by atoms with Gasteiger partial charge in [0, 0.05) is 13.1 Å². The first kappa shape index (κ1) is 13.6. The van der Waals surface area contributed by atoms with E-state index in [1.54, 1.807) is 4.90 Å². The molecule has 10 heteroatoms. The largest absolute Gasteiger partial charge is 0.374 e. The molecule has 1 aromatic rings. The van der Waals surface area contributed by atoms with Crippen molar-refractivity contribution in [2.45, 2.75) is 4.34 Å². The lowest BCUT2D eigenvalue weighted by Gasteiger charge is -2.26. The Bertz CT molecular complexity index is 528. The molecule has 0 unspecified atom stereocenters. The van der Waals surface area contributed by atoms with Crippen molar-refractivity contribution in [1.29, 1.82) is 0 Å². The summed E-state index contributed by atoms with van der Waals surface area (Å²) >= 11 is 2.50. The zero-order valence-corrected chi connectivity index (χ0v) is 11.9. The molecule has 0 aromatic carbocycles. The Balaban J connectivity index is 1.82. The first-order valence-corrected chi connectivity index (χ1v) is 8.78. The van der Waals surface area contributed by atoms with E-state index in [9.17, 15) is 13.2 Å². The molecule has 2 N–H and O–H groups in total. The second-order valence-electron chi connectivity index (χ2n) is 3.73. The summed E-state index contributed by atoms with van der Waals surface area (Å²) in [6, 6.07) is 0. The number of hydrogen-bond acceptors (Lipinski definition) is 8. The Labute approximate surface area is 113 Å². The van der Waals surface area contributed by atoms with Crippen LogP contribution in [0, 0.1) is 0 Å². The summed E-state index contributed by atoms with van der Waals surface area (Å²) in [5.74, 6) is 0.252. The second-order valence-corrected chi connectivity index (χ2v) is 8.26. The third kappa shape index (κ3) is 3.56. The molecule has 18 heavy (non-hydrogen) atoms. The summed E-state index contributed by atoms with van der Waals surface area (Å²) in [5, 5.41) is 7.81. The number of hydrogen-bond donors (Lipinski definition) is 1. The number of amides is 1. The summed E-state index contributed by atoms with van der Waals surface area (Å²) in [6.45, 7) is 0.556. The van der Waals surface area contributed by atoms with E-state index in [0.717, 1.165) is 0 Å². The monoisotopic (exact) mass is 308 g/mol. The summed E-state index contributed by atoms with van der Waals surface area (Å²) < 4.78 is 23.1. The molecule has 2 rings (SSSR count). The van der Waals surface area contributed by atoms with E-state index < -0.39 is 9.84 Å². The quantitative estimate of drug-likeness (QED) is 0.748. The van der Waals surface area contributed by atoms with Gasteiger partial charge in [-0.1, -0.05) is 23.1 Å². The van der Waals surface area contributed by atoms with Crippen LogP contribution in [0.4, 0.5) is 5.13 Å². The molecular weight excluding hydrogens is 296 g/mol. The molecule has 0 saturated carbocycles. The average molecular weight is 308 g/mol. The fourth-order valence-electron chi connectivity index (χ4n) is 1.46. The first-order valence-electron chi connectivity index (χ1n) is 5.16. The van der Waals surface area contributed by atoms with Gasteiger partial charge in [-0.25, -0.2) is 8.42 Å². The molecule has 1 aliphatic heterocycles. The standard InChI is InChI=1S/C8H12N4O3S3/c9-7-10-11-8(17-7)16-5-6(13)12-1-3-18(14,15)4-2-12/h1-5H2,(H2,9,10). The van der Waals surface area contributed by atoms with E-state index in [1.165, 1.54) is 23.1 Å². The van der Waals surface area contributed by atoms with Gasteiger partial charge in [0.15, 0.2) is 14.2 Å². The fraction of sp³-hybridized carbons (Fsp3) is 0.625. The van der Waals surface area contributed by atoms with Crippen molar-refractivity contribution < 1.29 is 13.2 Å². The van der Waals surface area contributed by atoms with Gasteiger partial charge < -0.3 is 10.6 Å². The van der Waals surface area contributed by atoms with Gasteiger partial charge in [-0.3, -0.25) is 4.79 Å². The van der Waals surface area contributed by atoms with Crippen LogP contribution < -0.4 is 5.73 Å². The van der Waals surface area contributed by atoms with Crippen molar-refractivity contribution >= 4 is 44.0 Å². The number of thioether (sulfide) groups is 1. The molecule has 0 atom stereocenters. The maximum Gasteiger partial charge on any atom is 0.233 e. The fourth-order valence-corrected chi connectivity index (χ4v) is 4.20. The van der Waals surface area contributed by atoms with Crippen LogP contribution >= 0.6 is 23.1 Å². The van der Waals surface area contributed by atoms with Crippen LogP contribution in [0.3, 0.4) is 0 Å². The minimum atomic E-state index is -2.95. The predicted molar refractivity (Wildman–Crippen MR) is 70.3 cm³/mol. The van der Waals surface area contributed by atoms with Crippen molar-refractivity contribution in [3.63, 3.8) is 0 Å². The Hall–Kier alpha value is -0.870. The number of anilines is 1. The van der Waals surface area contributed by atoms with Gasteiger partial charge in [-0.2, -0.15) is 0 Å². The summed E-state index contributed by atoms with van der Waals surface area (Å²) in [7, 11) is -2.95. The highest BCUT2D eigenvalue weighted by Crippen LogP contribution is 2.23. The lowest BCUT2D eigenvalue weighted by molar-refractivity contribution is -0.128. The van der Waals surface area contributed by atoms with Gasteiger partial charge in [0.1, 0.15) is 0 Å². The summed E-state index contributed by atoms with van der Waals surface area (Å²) in [6.07, 6.45) is 0. The van der Waals surface area contributed by atoms with Crippen molar-refractivity contribution in [2.75, 3.05) is 36.1 Å². The van der Waals surface area contributed by atoms with E-state index in [0.29, 0.717) is 9.47 Å². The van der Waals surface area contributed by atoms with Crippen LogP contribution in [0.2, 0.25) is 0 Å². The van der Waals surface area contributed by atoms with Crippen LogP contribution in [-0.2, 0) is 14.6 Å². The third-order valence-electron chi connectivity index (χ3n) is 2.44. The van der Waals surface area contributed by atoms with Crippen LogP contribution in [0.25, 0.3) is 0 Å². The van der Waals surface area contributed by atoms with E-state index in [2.05, 4.69) is 10.2 Å². The highest BCUT2D eigenvalue weighted by atomic mass is 32.2. The van der Waals surface area contributed by atoms with Gasteiger partial charge in [-0.15, -0.1) is 10.2 Å². The van der Waals surface area contributed by atoms with Crippen molar-refractivity contribution in [3.8, 4) is 0 Å². The number of nitrogen functional groups attached to an aromatic ring is 1. The smallest absolute Gasteiger partial charge is 0.233 e. The molecule has 0 spiro atoms. The first-order chi connectivity index (χ1) is 8.46. The number of sulfone groups is 1. The number of nitrogens with zero attached hydrogens (tertiary/aromatic N) is 3. The van der Waals surface area contributed by atoms with Gasteiger partial charge in [0.05, 0.1) is 17.3 Å². The highest BCUT2D eigenvalue weighted by Gasteiger charge is 2.24. The SMILES string of the molecule is Nc1nnc(SCC(=O)N2CCS(=O)(=O)CC2)s1. The normalized spacial score (nSPS) is 18.8. The van der Waals surface area contributed by atoms with Crippen LogP contribution in [0.15, 0.2) is 4.34 Å².